The van der Waals surface area contributed by atoms with Gasteiger partial charge in [-0.3, -0.25) is 0 Å². The summed E-state index contributed by atoms with van der Waals surface area (Å²) in [5.74, 6) is 0.392. The summed E-state index contributed by atoms with van der Waals surface area (Å²) in [6.45, 7) is 0. The highest BCUT2D eigenvalue weighted by atomic mass is 19.1. The quantitative estimate of drug-likeness (QED) is 0.645. The first kappa shape index (κ1) is 15.9. The standard InChI is InChI=1S/C21H21FN2O/c1-24-19(14-6-4-3-5-7-14)13-18-16(10-11-23-21(18)24)17-12-15(22)8-9-20(17)25-2/h6,8-13H,3-5,7H2,1-2H3. The summed E-state index contributed by atoms with van der Waals surface area (Å²) in [5.41, 5.74) is 5.18. The third-order valence-electron chi connectivity index (χ3n) is 5.00. The van der Waals surface area contributed by atoms with Gasteiger partial charge in [0.25, 0.3) is 0 Å². The molecule has 0 spiro atoms. The highest BCUT2D eigenvalue weighted by Crippen LogP contribution is 2.38. The van der Waals surface area contributed by atoms with Crippen molar-refractivity contribution >= 4 is 16.6 Å². The zero-order valence-electron chi connectivity index (χ0n) is 14.6. The number of aromatic nitrogens is 2. The molecule has 0 fully saturated rings. The minimum Gasteiger partial charge on any atom is -0.496 e. The van der Waals surface area contributed by atoms with Crippen LogP contribution in [0.2, 0.25) is 0 Å². The number of hydrogen-bond acceptors (Lipinski definition) is 2. The van der Waals surface area contributed by atoms with E-state index in [0.717, 1.165) is 35.0 Å². The van der Waals surface area contributed by atoms with Gasteiger partial charge < -0.3 is 9.30 Å². The van der Waals surface area contributed by atoms with Crippen molar-refractivity contribution in [3.8, 4) is 16.9 Å². The van der Waals surface area contributed by atoms with Crippen LogP contribution in [0.3, 0.4) is 0 Å². The number of fused-ring (bicyclic) bond motifs is 1. The fourth-order valence-corrected chi connectivity index (χ4v) is 3.72. The van der Waals surface area contributed by atoms with Crippen molar-refractivity contribution in [1.82, 2.24) is 9.55 Å². The number of methoxy groups -OCH3 is 1. The molecule has 0 unspecified atom stereocenters. The summed E-state index contributed by atoms with van der Waals surface area (Å²) < 4.78 is 21.5. The van der Waals surface area contributed by atoms with E-state index in [1.165, 1.54) is 36.2 Å². The molecule has 0 atom stereocenters. The molecule has 128 valence electrons. The van der Waals surface area contributed by atoms with E-state index in [1.807, 2.05) is 13.1 Å². The number of allylic oxidation sites excluding steroid dienone is 2. The lowest BCUT2D eigenvalue weighted by molar-refractivity contribution is 0.415. The Bertz CT molecular complexity index is 971. The van der Waals surface area contributed by atoms with Crippen molar-refractivity contribution in [2.45, 2.75) is 25.7 Å². The Balaban J connectivity index is 1.95. The smallest absolute Gasteiger partial charge is 0.140 e. The van der Waals surface area contributed by atoms with Crippen molar-refractivity contribution in [1.29, 1.82) is 0 Å². The number of hydrogen-bond donors (Lipinski definition) is 0. The first-order chi connectivity index (χ1) is 12.2. The van der Waals surface area contributed by atoms with E-state index in [0.29, 0.717) is 5.75 Å². The third kappa shape index (κ3) is 2.72. The van der Waals surface area contributed by atoms with Crippen LogP contribution in [0.1, 0.15) is 31.4 Å². The van der Waals surface area contributed by atoms with Gasteiger partial charge in [-0.2, -0.15) is 0 Å². The van der Waals surface area contributed by atoms with Gasteiger partial charge in [0.05, 0.1) is 7.11 Å². The van der Waals surface area contributed by atoms with Crippen LogP contribution in [-0.2, 0) is 7.05 Å². The third-order valence-corrected chi connectivity index (χ3v) is 5.00. The van der Waals surface area contributed by atoms with Crippen LogP contribution >= 0.6 is 0 Å². The summed E-state index contributed by atoms with van der Waals surface area (Å²) in [6, 6.07) is 8.73. The zero-order valence-corrected chi connectivity index (χ0v) is 14.6. The second-order valence-corrected chi connectivity index (χ2v) is 6.50. The molecule has 2 aromatic heterocycles. The second kappa shape index (κ2) is 6.36. The number of benzene rings is 1. The minimum atomic E-state index is -0.271. The van der Waals surface area contributed by atoms with Crippen molar-refractivity contribution < 1.29 is 9.13 Å². The van der Waals surface area contributed by atoms with Crippen molar-refractivity contribution in [2.24, 2.45) is 7.05 Å². The molecule has 0 saturated carbocycles. The van der Waals surface area contributed by atoms with E-state index in [9.17, 15) is 4.39 Å². The Hall–Kier alpha value is -2.62. The molecule has 0 radical (unpaired) electrons. The highest BCUT2D eigenvalue weighted by Gasteiger charge is 2.17. The molecule has 0 aliphatic heterocycles. The summed E-state index contributed by atoms with van der Waals surface area (Å²) >= 11 is 0. The van der Waals surface area contributed by atoms with Gasteiger partial charge >= 0.3 is 0 Å². The maximum atomic E-state index is 13.9. The number of ether oxygens (including phenoxy) is 1. The molecule has 25 heavy (non-hydrogen) atoms. The van der Waals surface area contributed by atoms with E-state index in [2.05, 4.69) is 21.7 Å². The van der Waals surface area contributed by atoms with Gasteiger partial charge in [-0.1, -0.05) is 6.08 Å². The Kier molecular flexibility index (Phi) is 4.04. The fraction of sp³-hybridized carbons (Fsp3) is 0.286. The number of nitrogens with zero attached hydrogens (tertiary/aromatic N) is 2. The Morgan fingerprint density at radius 2 is 2.00 bits per heavy atom. The molecule has 3 nitrogen and oxygen atoms in total. The normalized spacial score (nSPS) is 14.6. The maximum Gasteiger partial charge on any atom is 0.140 e. The van der Waals surface area contributed by atoms with Gasteiger partial charge in [-0.05, 0) is 67.2 Å². The predicted molar refractivity (Wildman–Crippen MR) is 99.1 cm³/mol. The number of aryl methyl sites for hydroxylation is 1. The van der Waals surface area contributed by atoms with Crippen LogP contribution in [0, 0.1) is 5.82 Å². The second-order valence-electron chi connectivity index (χ2n) is 6.50. The molecule has 1 aliphatic carbocycles. The van der Waals surface area contributed by atoms with Gasteiger partial charge in [-0.25, -0.2) is 9.37 Å². The Labute approximate surface area is 146 Å². The molecule has 1 aliphatic rings. The number of halogens is 1. The Morgan fingerprint density at radius 3 is 2.76 bits per heavy atom. The van der Waals surface area contributed by atoms with Gasteiger partial charge in [0.1, 0.15) is 17.2 Å². The number of pyridine rings is 1. The molecule has 4 heteroatoms. The van der Waals surface area contributed by atoms with E-state index in [1.54, 1.807) is 19.4 Å². The molecule has 1 aromatic carbocycles. The molecule has 0 N–H and O–H groups in total. The van der Waals surface area contributed by atoms with Crippen LogP contribution in [0.4, 0.5) is 4.39 Å². The van der Waals surface area contributed by atoms with Gasteiger partial charge in [0.15, 0.2) is 0 Å². The van der Waals surface area contributed by atoms with Crippen molar-refractivity contribution in [2.75, 3.05) is 7.11 Å². The molecular weight excluding hydrogens is 315 g/mol. The molecule has 0 amide bonds. The summed E-state index contributed by atoms with van der Waals surface area (Å²) in [7, 11) is 3.66. The summed E-state index contributed by atoms with van der Waals surface area (Å²) in [5, 5.41) is 1.02. The SMILES string of the molecule is COc1ccc(F)cc1-c1ccnc2c1cc(C1=CCCCC1)n2C. The van der Waals surface area contributed by atoms with Crippen LogP contribution in [0.5, 0.6) is 5.75 Å². The molecule has 2 heterocycles. The van der Waals surface area contributed by atoms with Gasteiger partial charge in [0, 0.05) is 29.9 Å². The maximum absolute atomic E-state index is 13.9. The predicted octanol–water partition coefficient (Wildman–Crippen LogP) is 5.35. The van der Waals surface area contributed by atoms with Crippen molar-refractivity contribution in [3.05, 3.63) is 54.1 Å². The van der Waals surface area contributed by atoms with Crippen molar-refractivity contribution in [3.63, 3.8) is 0 Å². The molecule has 4 rings (SSSR count). The first-order valence-electron chi connectivity index (χ1n) is 8.67. The largest absolute Gasteiger partial charge is 0.496 e. The lowest BCUT2D eigenvalue weighted by Gasteiger charge is -2.13. The molecule has 0 bridgehead atoms. The van der Waals surface area contributed by atoms with E-state index in [-0.39, 0.29) is 5.82 Å². The van der Waals surface area contributed by atoms with Crippen LogP contribution in [-0.4, -0.2) is 16.7 Å². The van der Waals surface area contributed by atoms with Gasteiger partial charge in [-0.15, -0.1) is 0 Å². The van der Waals surface area contributed by atoms with E-state index < -0.39 is 0 Å². The lowest BCUT2D eigenvalue weighted by atomic mass is 9.96. The van der Waals surface area contributed by atoms with E-state index >= 15 is 0 Å². The average Bonchev–Trinajstić information content (AvgIpc) is 2.99. The number of rotatable bonds is 3. The van der Waals surface area contributed by atoms with E-state index in [4.69, 9.17) is 4.74 Å². The fourth-order valence-electron chi connectivity index (χ4n) is 3.72. The lowest BCUT2D eigenvalue weighted by Crippen LogP contribution is -1.99. The van der Waals surface area contributed by atoms with Gasteiger partial charge in [0.2, 0.25) is 0 Å². The molecule has 0 saturated heterocycles. The average molecular weight is 336 g/mol. The topological polar surface area (TPSA) is 27.1 Å². The summed E-state index contributed by atoms with van der Waals surface area (Å²) in [4.78, 5) is 4.56. The minimum absolute atomic E-state index is 0.271. The molecular formula is C21H21FN2O. The van der Waals surface area contributed by atoms with Crippen LogP contribution in [0.15, 0.2) is 42.6 Å². The monoisotopic (exact) mass is 336 g/mol. The first-order valence-corrected chi connectivity index (χ1v) is 8.67. The van der Waals surface area contributed by atoms with Crippen LogP contribution in [0.25, 0.3) is 27.7 Å². The van der Waals surface area contributed by atoms with Crippen LogP contribution < -0.4 is 4.74 Å². The highest BCUT2D eigenvalue weighted by molar-refractivity contribution is 5.97. The zero-order chi connectivity index (χ0) is 17.4. The summed E-state index contributed by atoms with van der Waals surface area (Å²) in [6.07, 6.45) is 8.83. The Morgan fingerprint density at radius 1 is 1.12 bits per heavy atom. The molecule has 3 aromatic rings.